The molecule has 0 unspecified atom stereocenters. The van der Waals surface area contributed by atoms with Crippen LogP contribution in [0.1, 0.15) is 20.1 Å². The molecule has 0 saturated carbocycles. The maximum Gasteiger partial charge on any atom is 0.351 e. The standard InChI is InChI=1S/C11H16FN3O4/c1-10(12)8(19-6(5-16)11(10,2)18)15-4-3-7(13)14-9(15)17/h3-4,6,8,16,18H,5H2,1-2H3,(H2,13,14,17)/t6-,8-,10-,11-/m1/s1. The van der Waals surface area contributed by atoms with E-state index in [2.05, 4.69) is 4.98 Å². The molecule has 1 aliphatic heterocycles. The summed E-state index contributed by atoms with van der Waals surface area (Å²) < 4.78 is 20.9. The van der Waals surface area contributed by atoms with Crippen LogP contribution in [-0.4, -0.2) is 43.7 Å². The molecule has 4 N–H and O–H groups in total. The van der Waals surface area contributed by atoms with Crippen molar-refractivity contribution in [3.05, 3.63) is 22.7 Å². The third-order valence-electron chi connectivity index (χ3n) is 3.64. The summed E-state index contributed by atoms with van der Waals surface area (Å²) in [5.41, 5.74) is 0.350. The first-order valence-electron chi connectivity index (χ1n) is 5.74. The molecule has 1 aromatic heterocycles. The number of anilines is 1. The van der Waals surface area contributed by atoms with Crippen LogP contribution in [0.25, 0.3) is 0 Å². The Hall–Kier alpha value is -1.51. The Morgan fingerprint density at radius 3 is 2.74 bits per heavy atom. The number of nitrogen functional groups attached to an aromatic ring is 1. The van der Waals surface area contributed by atoms with Crippen LogP contribution in [0.15, 0.2) is 17.1 Å². The van der Waals surface area contributed by atoms with E-state index in [4.69, 9.17) is 15.6 Å². The lowest BCUT2D eigenvalue weighted by atomic mass is 9.85. The van der Waals surface area contributed by atoms with Crippen molar-refractivity contribution in [2.24, 2.45) is 0 Å². The number of hydrogen-bond acceptors (Lipinski definition) is 6. The van der Waals surface area contributed by atoms with E-state index in [0.29, 0.717) is 0 Å². The van der Waals surface area contributed by atoms with Crippen molar-refractivity contribution in [1.82, 2.24) is 9.55 Å². The van der Waals surface area contributed by atoms with E-state index in [1.54, 1.807) is 0 Å². The van der Waals surface area contributed by atoms with E-state index in [9.17, 15) is 14.3 Å². The minimum absolute atomic E-state index is 0.00489. The fourth-order valence-electron chi connectivity index (χ4n) is 2.13. The van der Waals surface area contributed by atoms with Crippen molar-refractivity contribution in [2.45, 2.75) is 37.4 Å². The van der Waals surface area contributed by atoms with E-state index >= 15 is 0 Å². The van der Waals surface area contributed by atoms with Gasteiger partial charge in [-0.15, -0.1) is 0 Å². The molecule has 1 saturated heterocycles. The van der Waals surface area contributed by atoms with Gasteiger partial charge >= 0.3 is 5.69 Å². The van der Waals surface area contributed by atoms with Gasteiger partial charge in [-0.3, -0.25) is 4.57 Å². The molecule has 0 aromatic carbocycles. The van der Waals surface area contributed by atoms with Crippen LogP contribution in [0.2, 0.25) is 0 Å². The number of nitrogens with zero attached hydrogens (tertiary/aromatic N) is 2. The molecule has 0 spiro atoms. The van der Waals surface area contributed by atoms with Gasteiger partial charge in [0.1, 0.15) is 17.5 Å². The minimum atomic E-state index is -2.28. The molecule has 1 aliphatic rings. The zero-order valence-corrected chi connectivity index (χ0v) is 10.6. The zero-order chi connectivity index (χ0) is 14.4. The number of nitrogens with two attached hydrogens (primary N) is 1. The molecule has 106 valence electrons. The van der Waals surface area contributed by atoms with Crippen LogP contribution in [0.5, 0.6) is 0 Å². The Kier molecular flexibility index (Phi) is 3.12. The largest absolute Gasteiger partial charge is 0.394 e. The van der Waals surface area contributed by atoms with Gasteiger partial charge in [-0.1, -0.05) is 0 Å². The molecule has 0 radical (unpaired) electrons. The SMILES string of the molecule is C[C@@]1(O)[C@@H](CO)O[C@@H](n2ccc(N)nc2=O)[C@@]1(C)F. The zero-order valence-electron chi connectivity index (χ0n) is 10.6. The first kappa shape index (κ1) is 13.9. The number of rotatable bonds is 2. The van der Waals surface area contributed by atoms with Crippen molar-refractivity contribution in [1.29, 1.82) is 0 Å². The molecule has 19 heavy (non-hydrogen) atoms. The summed E-state index contributed by atoms with van der Waals surface area (Å²) in [7, 11) is 0. The van der Waals surface area contributed by atoms with Gasteiger partial charge in [0.05, 0.1) is 6.61 Å². The predicted octanol–water partition coefficient (Wildman–Crippen LogP) is -0.806. The van der Waals surface area contributed by atoms with Gasteiger partial charge in [-0.05, 0) is 19.9 Å². The Balaban J connectivity index is 2.49. The van der Waals surface area contributed by atoms with Gasteiger partial charge < -0.3 is 20.7 Å². The summed E-state index contributed by atoms with van der Waals surface area (Å²) in [5.74, 6) is 0.00489. The van der Waals surface area contributed by atoms with E-state index in [1.165, 1.54) is 19.2 Å². The highest BCUT2D eigenvalue weighted by molar-refractivity contribution is 5.24. The average molecular weight is 273 g/mol. The summed E-state index contributed by atoms with van der Waals surface area (Å²) in [6.45, 7) is 1.75. The molecule has 8 heteroatoms. The maximum absolute atomic E-state index is 14.8. The molecular weight excluding hydrogens is 257 g/mol. The Labute approximate surface area is 108 Å². The molecule has 1 fully saturated rings. The van der Waals surface area contributed by atoms with Crippen LogP contribution in [0.3, 0.4) is 0 Å². The van der Waals surface area contributed by atoms with E-state index in [0.717, 1.165) is 11.5 Å². The van der Waals surface area contributed by atoms with Gasteiger partial charge in [-0.2, -0.15) is 4.98 Å². The van der Waals surface area contributed by atoms with E-state index in [1.807, 2.05) is 0 Å². The fourth-order valence-corrected chi connectivity index (χ4v) is 2.13. The number of aliphatic hydroxyl groups excluding tert-OH is 1. The smallest absolute Gasteiger partial charge is 0.351 e. The van der Waals surface area contributed by atoms with Crippen LogP contribution >= 0.6 is 0 Å². The highest BCUT2D eigenvalue weighted by Gasteiger charge is 2.63. The molecule has 0 amide bonds. The summed E-state index contributed by atoms with van der Waals surface area (Å²) in [6.07, 6.45) is -1.29. The van der Waals surface area contributed by atoms with E-state index in [-0.39, 0.29) is 5.82 Å². The quantitative estimate of drug-likeness (QED) is 0.650. The van der Waals surface area contributed by atoms with Crippen molar-refractivity contribution >= 4 is 5.82 Å². The van der Waals surface area contributed by atoms with Gasteiger partial charge in [0, 0.05) is 6.20 Å². The summed E-state index contributed by atoms with van der Waals surface area (Å²) in [4.78, 5) is 15.2. The molecule has 2 heterocycles. The third-order valence-corrected chi connectivity index (χ3v) is 3.64. The van der Waals surface area contributed by atoms with Gasteiger partial charge in [0.15, 0.2) is 11.9 Å². The lowest BCUT2D eigenvalue weighted by Crippen LogP contribution is -2.52. The minimum Gasteiger partial charge on any atom is -0.394 e. The normalized spacial score (nSPS) is 38.6. The number of alkyl halides is 1. The fraction of sp³-hybridized carbons (Fsp3) is 0.636. The second kappa shape index (κ2) is 4.26. The maximum atomic E-state index is 14.8. The Bertz CT molecular complexity index is 543. The Morgan fingerprint density at radius 2 is 2.26 bits per heavy atom. The first-order chi connectivity index (χ1) is 8.71. The Morgan fingerprint density at radius 1 is 1.63 bits per heavy atom. The number of ether oxygens (including phenoxy) is 1. The summed E-state index contributed by atoms with van der Waals surface area (Å²) in [5, 5.41) is 19.3. The van der Waals surface area contributed by atoms with Crippen LogP contribution < -0.4 is 11.4 Å². The van der Waals surface area contributed by atoms with Gasteiger partial charge in [0.2, 0.25) is 0 Å². The van der Waals surface area contributed by atoms with Crippen molar-refractivity contribution in [3.8, 4) is 0 Å². The number of halogens is 1. The lowest BCUT2D eigenvalue weighted by Gasteiger charge is -2.32. The number of aliphatic hydroxyl groups is 2. The predicted molar refractivity (Wildman–Crippen MR) is 64.0 cm³/mol. The topological polar surface area (TPSA) is 111 Å². The van der Waals surface area contributed by atoms with Gasteiger partial charge in [-0.25, -0.2) is 9.18 Å². The van der Waals surface area contributed by atoms with Crippen molar-refractivity contribution in [2.75, 3.05) is 12.3 Å². The molecule has 0 bridgehead atoms. The third kappa shape index (κ3) is 1.92. The molecular formula is C11H16FN3O4. The van der Waals surface area contributed by atoms with E-state index < -0.39 is 35.9 Å². The molecule has 2 rings (SSSR count). The van der Waals surface area contributed by atoms with Crippen LogP contribution in [-0.2, 0) is 4.74 Å². The highest BCUT2D eigenvalue weighted by Crippen LogP contribution is 2.47. The number of hydrogen-bond donors (Lipinski definition) is 3. The lowest BCUT2D eigenvalue weighted by molar-refractivity contribution is -0.0892. The molecule has 7 nitrogen and oxygen atoms in total. The second-order valence-corrected chi connectivity index (χ2v) is 4.93. The molecule has 1 aromatic rings. The molecule has 0 aliphatic carbocycles. The van der Waals surface area contributed by atoms with Crippen molar-refractivity contribution < 1.29 is 19.3 Å². The van der Waals surface area contributed by atoms with Gasteiger partial charge in [0.25, 0.3) is 0 Å². The summed E-state index contributed by atoms with van der Waals surface area (Å²) in [6, 6.07) is 1.32. The highest BCUT2D eigenvalue weighted by atomic mass is 19.1. The molecule has 4 atom stereocenters. The first-order valence-corrected chi connectivity index (χ1v) is 5.74. The second-order valence-electron chi connectivity index (χ2n) is 4.93. The van der Waals surface area contributed by atoms with Crippen molar-refractivity contribution in [3.63, 3.8) is 0 Å². The average Bonchev–Trinajstić information content (AvgIpc) is 2.47. The van der Waals surface area contributed by atoms with Crippen LogP contribution in [0.4, 0.5) is 10.2 Å². The number of aromatic nitrogens is 2. The monoisotopic (exact) mass is 273 g/mol. The van der Waals surface area contributed by atoms with Crippen LogP contribution in [0, 0.1) is 0 Å². The summed E-state index contributed by atoms with van der Waals surface area (Å²) >= 11 is 0.